The van der Waals surface area contributed by atoms with Crippen molar-refractivity contribution < 1.29 is 36.6 Å². The Hall–Kier alpha value is -3.09. The van der Waals surface area contributed by atoms with Crippen LogP contribution in [0.1, 0.15) is 43.0 Å². The van der Waals surface area contributed by atoms with Crippen molar-refractivity contribution in [3.63, 3.8) is 0 Å². The Morgan fingerprint density at radius 1 is 1.19 bits per heavy atom. The third-order valence-electron chi connectivity index (χ3n) is 6.47. The summed E-state index contributed by atoms with van der Waals surface area (Å²) in [6, 6.07) is -1.25. The molecule has 1 N–H and O–H groups in total. The number of carbonyl (C=O) groups is 1. The lowest BCUT2D eigenvalue weighted by atomic mass is 9.95. The molecule has 1 fully saturated rings. The molecule has 1 aliphatic heterocycles. The van der Waals surface area contributed by atoms with Crippen molar-refractivity contribution in [1.82, 2.24) is 20.0 Å². The fourth-order valence-corrected chi connectivity index (χ4v) is 4.54. The lowest BCUT2D eigenvalue weighted by Crippen LogP contribution is -2.44. The van der Waals surface area contributed by atoms with E-state index < -0.39 is 36.8 Å². The lowest BCUT2D eigenvalue weighted by molar-refractivity contribution is -0.0101. The standard InChI is InChI=1S/C24H31F4N5O4/c1-13(30-23(34)14-9-29-32(2)10-14)11-35-15-4-6-16(7-5-15)37-24-31-21-17(25)8-18(36-12-19(26)27)20(28)22(21)33(24)3/h8-10,13,15-16,19-20,22H,4-7,11-12H2,1-3H3,(H,30,34)/t13-,15?,16?,20?,22?/m0/s1. The predicted octanol–water partition coefficient (Wildman–Crippen LogP) is 3.25. The molecule has 0 bridgehead atoms. The normalized spacial score (nSPS) is 26.5. The van der Waals surface area contributed by atoms with Gasteiger partial charge in [0.25, 0.3) is 18.4 Å². The number of halogens is 4. The highest BCUT2D eigenvalue weighted by molar-refractivity contribution is 5.93. The molecule has 0 radical (unpaired) electrons. The van der Waals surface area contributed by atoms with Gasteiger partial charge in [0.1, 0.15) is 30.2 Å². The number of rotatable bonds is 9. The van der Waals surface area contributed by atoms with Crippen LogP contribution in [0.5, 0.6) is 0 Å². The van der Waals surface area contributed by atoms with Gasteiger partial charge >= 0.3 is 0 Å². The third-order valence-corrected chi connectivity index (χ3v) is 6.47. The second-order valence-corrected chi connectivity index (χ2v) is 9.46. The molecule has 2 heterocycles. The first-order chi connectivity index (χ1) is 17.6. The molecule has 1 amide bonds. The number of aliphatic imine (C=N–C) groups is 1. The number of likely N-dealkylation sites (N-methyl/N-ethyl adjacent to an activating group) is 1. The molecule has 9 nitrogen and oxygen atoms in total. The maximum atomic E-state index is 15.0. The Kier molecular flexibility index (Phi) is 8.40. The molecule has 204 valence electrons. The zero-order valence-electron chi connectivity index (χ0n) is 20.9. The third kappa shape index (κ3) is 6.43. The topological polar surface area (TPSA) is 90.2 Å². The Morgan fingerprint density at radius 3 is 2.54 bits per heavy atom. The number of hydrogen-bond acceptors (Lipinski definition) is 7. The monoisotopic (exact) mass is 529 g/mol. The highest BCUT2D eigenvalue weighted by Gasteiger charge is 2.45. The summed E-state index contributed by atoms with van der Waals surface area (Å²) >= 11 is 0. The summed E-state index contributed by atoms with van der Waals surface area (Å²) in [4.78, 5) is 17.7. The maximum absolute atomic E-state index is 15.0. The average molecular weight is 530 g/mol. The molecule has 3 aliphatic rings. The number of aromatic nitrogens is 2. The molecule has 3 atom stereocenters. The van der Waals surface area contributed by atoms with E-state index in [0.717, 1.165) is 6.08 Å². The SMILES string of the molecule is C[C@@H](COC1CCC(OC2=NC3=C(F)C=C(OCC(F)F)C(F)C3N2C)CC1)NC(=O)c1cnn(C)c1. The smallest absolute Gasteiger partial charge is 0.293 e. The molecule has 1 aromatic heterocycles. The van der Waals surface area contributed by atoms with Crippen molar-refractivity contribution >= 4 is 11.9 Å². The largest absolute Gasteiger partial charge is 0.489 e. The van der Waals surface area contributed by atoms with Gasteiger partial charge in [0.05, 0.1) is 24.5 Å². The van der Waals surface area contributed by atoms with Crippen molar-refractivity contribution in [3.05, 3.63) is 41.3 Å². The van der Waals surface area contributed by atoms with Gasteiger partial charge in [0.15, 0.2) is 12.0 Å². The second-order valence-electron chi connectivity index (χ2n) is 9.46. The van der Waals surface area contributed by atoms with E-state index in [9.17, 15) is 22.4 Å². The van der Waals surface area contributed by atoms with Crippen LogP contribution in [0, 0.1) is 0 Å². The molecule has 0 aromatic carbocycles. The van der Waals surface area contributed by atoms with Crippen LogP contribution in [0.3, 0.4) is 0 Å². The van der Waals surface area contributed by atoms with Crippen molar-refractivity contribution in [2.75, 3.05) is 20.3 Å². The summed E-state index contributed by atoms with van der Waals surface area (Å²) in [6.45, 7) is 1.20. The van der Waals surface area contributed by atoms with Crippen LogP contribution in [0.2, 0.25) is 0 Å². The molecule has 37 heavy (non-hydrogen) atoms. The lowest BCUT2D eigenvalue weighted by Gasteiger charge is -2.32. The van der Waals surface area contributed by atoms with Gasteiger partial charge in [-0.25, -0.2) is 17.6 Å². The van der Waals surface area contributed by atoms with Crippen molar-refractivity contribution in [3.8, 4) is 0 Å². The Labute approximate surface area is 212 Å². The molecule has 1 saturated carbocycles. The first kappa shape index (κ1) is 27.0. The number of aryl methyl sites for hydroxylation is 1. The van der Waals surface area contributed by atoms with E-state index in [-0.39, 0.29) is 35.9 Å². The van der Waals surface area contributed by atoms with Crippen LogP contribution in [-0.4, -0.2) is 83.8 Å². The minimum atomic E-state index is -2.80. The quantitative estimate of drug-likeness (QED) is 0.494. The zero-order chi connectivity index (χ0) is 26.7. The molecular formula is C24H31F4N5O4. The van der Waals surface area contributed by atoms with Crippen LogP contribution in [-0.2, 0) is 21.3 Å². The Morgan fingerprint density at radius 2 is 1.89 bits per heavy atom. The van der Waals surface area contributed by atoms with Crippen LogP contribution >= 0.6 is 0 Å². The van der Waals surface area contributed by atoms with E-state index in [1.165, 1.54) is 18.1 Å². The van der Waals surface area contributed by atoms with Crippen molar-refractivity contribution in [2.24, 2.45) is 12.0 Å². The average Bonchev–Trinajstić information content (AvgIpc) is 3.44. The number of allylic oxidation sites excluding steroid dienone is 2. The number of fused-ring (bicyclic) bond motifs is 1. The van der Waals surface area contributed by atoms with E-state index in [1.807, 2.05) is 6.92 Å². The van der Waals surface area contributed by atoms with Gasteiger partial charge in [-0.3, -0.25) is 9.48 Å². The number of amides is 1. The molecular weight excluding hydrogens is 498 g/mol. The highest BCUT2D eigenvalue weighted by atomic mass is 19.3. The van der Waals surface area contributed by atoms with E-state index in [1.54, 1.807) is 17.9 Å². The van der Waals surface area contributed by atoms with Crippen molar-refractivity contribution in [1.29, 1.82) is 0 Å². The summed E-state index contributed by atoms with van der Waals surface area (Å²) in [5, 5.41) is 6.87. The van der Waals surface area contributed by atoms with Crippen molar-refractivity contribution in [2.45, 2.75) is 69.5 Å². The molecule has 1 aromatic rings. The number of amidine groups is 1. The van der Waals surface area contributed by atoms with Gasteiger partial charge in [-0.2, -0.15) is 10.1 Å². The molecule has 2 unspecified atom stereocenters. The molecule has 4 rings (SSSR count). The summed E-state index contributed by atoms with van der Waals surface area (Å²) in [7, 11) is 3.26. The second kappa shape index (κ2) is 11.5. The Balaban J connectivity index is 1.23. The summed E-state index contributed by atoms with van der Waals surface area (Å²) in [5.74, 6) is -1.54. The first-order valence-corrected chi connectivity index (χ1v) is 12.2. The van der Waals surface area contributed by atoms with Gasteiger partial charge in [-0.05, 0) is 32.6 Å². The summed E-state index contributed by atoms with van der Waals surface area (Å²) < 4.78 is 72.6. The maximum Gasteiger partial charge on any atom is 0.293 e. The van der Waals surface area contributed by atoms with Crippen LogP contribution in [0.25, 0.3) is 0 Å². The fourth-order valence-electron chi connectivity index (χ4n) is 4.54. The Bertz CT molecular complexity index is 1070. The number of ether oxygens (including phenoxy) is 3. The minimum Gasteiger partial charge on any atom is -0.489 e. The molecule has 2 aliphatic carbocycles. The predicted molar refractivity (Wildman–Crippen MR) is 125 cm³/mol. The van der Waals surface area contributed by atoms with E-state index in [0.29, 0.717) is 37.9 Å². The van der Waals surface area contributed by atoms with Gasteiger partial charge in [0.2, 0.25) is 0 Å². The van der Waals surface area contributed by atoms with Crippen LogP contribution in [0.4, 0.5) is 17.6 Å². The van der Waals surface area contributed by atoms with Gasteiger partial charge in [0, 0.05) is 32.4 Å². The number of hydrogen-bond donors (Lipinski definition) is 1. The number of nitrogens with one attached hydrogen (secondary N) is 1. The van der Waals surface area contributed by atoms with E-state index >= 15 is 0 Å². The molecule has 0 saturated heterocycles. The number of carbonyl (C=O) groups excluding carboxylic acids is 1. The first-order valence-electron chi connectivity index (χ1n) is 12.2. The van der Waals surface area contributed by atoms with Gasteiger partial charge in [-0.1, -0.05) is 0 Å². The fraction of sp³-hybridized carbons (Fsp3) is 0.625. The van der Waals surface area contributed by atoms with Crippen LogP contribution in [0.15, 0.2) is 40.7 Å². The number of alkyl halides is 3. The van der Waals surface area contributed by atoms with Gasteiger partial charge in [-0.15, -0.1) is 0 Å². The van der Waals surface area contributed by atoms with Crippen LogP contribution < -0.4 is 5.32 Å². The highest BCUT2D eigenvalue weighted by Crippen LogP contribution is 2.37. The summed E-state index contributed by atoms with van der Waals surface area (Å²) in [6.07, 6.45) is 1.77. The molecule has 13 heteroatoms. The minimum absolute atomic E-state index is 0.00228. The molecule has 0 spiro atoms. The summed E-state index contributed by atoms with van der Waals surface area (Å²) in [5.41, 5.74) is 0.336. The van der Waals surface area contributed by atoms with Gasteiger partial charge < -0.3 is 24.4 Å². The zero-order valence-corrected chi connectivity index (χ0v) is 20.9. The van der Waals surface area contributed by atoms with E-state index in [4.69, 9.17) is 14.2 Å². The van der Waals surface area contributed by atoms with E-state index in [2.05, 4.69) is 15.4 Å². The number of nitrogens with zero attached hydrogens (tertiary/aromatic N) is 4.